The summed E-state index contributed by atoms with van der Waals surface area (Å²) in [7, 11) is 0. The summed E-state index contributed by atoms with van der Waals surface area (Å²) < 4.78 is 0. The van der Waals surface area contributed by atoms with Gasteiger partial charge in [0.1, 0.15) is 6.61 Å². The number of amides is 1. The third kappa shape index (κ3) is 4.58. The van der Waals surface area contributed by atoms with E-state index in [1.165, 1.54) is 5.56 Å². The minimum atomic E-state index is -0.309. The fraction of sp³-hybridized carbons (Fsp3) is 0.556. The number of benzene rings is 1. The van der Waals surface area contributed by atoms with Crippen LogP contribution in [0, 0.1) is 12.3 Å². The molecule has 1 aliphatic heterocycles. The van der Waals surface area contributed by atoms with E-state index in [-0.39, 0.29) is 11.3 Å². The van der Waals surface area contributed by atoms with E-state index in [0.29, 0.717) is 6.61 Å². The topological polar surface area (TPSA) is 41.9 Å². The molecule has 0 N–H and O–H groups in total. The van der Waals surface area contributed by atoms with Crippen LogP contribution in [0.15, 0.2) is 29.4 Å². The van der Waals surface area contributed by atoms with Crippen LogP contribution < -0.4 is 0 Å². The van der Waals surface area contributed by atoms with Gasteiger partial charge in [-0.2, -0.15) is 0 Å². The zero-order valence-electron chi connectivity index (χ0n) is 14.1. The first-order valence-corrected chi connectivity index (χ1v) is 7.89. The minimum Gasteiger partial charge on any atom is -0.391 e. The molecule has 0 aliphatic carbocycles. The average molecular weight is 302 g/mol. The van der Waals surface area contributed by atoms with Gasteiger partial charge in [0.05, 0.1) is 5.71 Å². The van der Waals surface area contributed by atoms with Gasteiger partial charge < -0.3 is 9.74 Å². The number of hydrogen-bond acceptors (Lipinski definition) is 3. The molecule has 2 rings (SSSR count). The van der Waals surface area contributed by atoms with Crippen LogP contribution in [0.4, 0.5) is 0 Å². The lowest BCUT2D eigenvalue weighted by molar-refractivity contribution is -0.139. The summed E-state index contributed by atoms with van der Waals surface area (Å²) in [4.78, 5) is 19.6. The Kier molecular flexibility index (Phi) is 5.22. The van der Waals surface area contributed by atoms with Crippen molar-refractivity contribution in [3.05, 3.63) is 35.4 Å². The normalized spacial score (nSPS) is 15.6. The highest BCUT2D eigenvalue weighted by molar-refractivity contribution is 5.88. The van der Waals surface area contributed by atoms with Gasteiger partial charge in [0.2, 0.25) is 5.91 Å². The van der Waals surface area contributed by atoms with Crippen LogP contribution in [0.1, 0.15) is 44.7 Å². The molecule has 4 nitrogen and oxygen atoms in total. The zero-order valence-corrected chi connectivity index (χ0v) is 14.1. The third-order valence-corrected chi connectivity index (χ3v) is 3.78. The van der Waals surface area contributed by atoms with E-state index >= 15 is 0 Å². The highest BCUT2D eigenvalue weighted by Gasteiger charge is 2.29. The van der Waals surface area contributed by atoms with E-state index < -0.39 is 0 Å². The van der Waals surface area contributed by atoms with Crippen LogP contribution in [0.3, 0.4) is 0 Å². The molecule has 1 amide bonds. The summed E-state index contributed by atoms with van der Waals surface area (Å²) in [6.45, 7) is 9.93. The summed E-state index contributed by atoms with van der Waals surface area (Å²) in [5.41, 5.74) is 3.09. The van der Waals surface area contributed by atoms with Gasteiger partial charge in [0, 0.05) is 31.3 Å². The maximum atomic E-state index is 12.2. The fourth-order valence-electron chi connectivity index (χ4n) is 2.53. The highest BCUT2D eigenvalue weighted by Crippen LogP contribution is 2.20. The lowest BCUT2D eigenvalue weighted by atomic mass is 9.93. The molecule has 0 saturated carbocycles. The standard InChI is InChI=1S/C18H26N2O2/c1-14-6-5-7-15(12-14)13-22-19-16-8-10-20(11-9-16)17(21)18(2,3)4/h5-7,12H,8-11,13H2,1-4H3. The second-order valence-electron chi connectivity index (χ2n) is 6.96. The van der Waals surface area contributed by atoms with Crippen molar-refractivity contribution < 1.29 is 9.63 Å². The summed E-state index contributed by atoms with van der Waals surface area (Å²) in [6, 6.07) is 8.23. The Labute approximate surface area is 133 Å². The quantitative estimate of drug-likeness (QED) is 0.801. The lowest BCUT2D eigenvalue weighted by Crippen LogP contribution is -2.44. The number of likely N-dealkylation sites (tertiary alicyclic amines) is 1. The van der Waals surface area contributed by atoms with E-state index in [1.807, 2.05) is 37.8 Å². The van der Waals surface area contributed by atoms with Crippen molar-refractivity contribution in [3.63, 3.8) is 0 Å². The molecule has 22 heavy (non-hydrogen) atoms. The smallest absolute Gasteiger partial charge is 0.227 e. The fourth-order valence-corrected chi connectivity index (χ4v) is 2.53. The molecule has 1 aliphatic rings. The van der Waals surface area contributed by atoms with Crippen LogP contribution >= 0.6 is 0 Å². The van der Waals surface area contributed by atoms with Gasteiger partial charge >= 0.3 is 0 Å². The van der Waals surface area contributed by atoms with Crippen LogP contribution in [0.25, 0.3) is 0 Å². The van der Waals surface area contributed by atoms with E-state index in [2.05, 4.69) is 24.2 Å². The second kappa shape index (κ2) is 6.95. The van der Waals surface area contributed by atoms with Crippen molar-refractivity contribution in [2.24, 2.45) is 10.6 Å². The van der Waals surface area contributed by atoms with Gasteiger partial charge in [-0.15, -0.1) is 0 Å². The second-order valence-corrected chi connectivity index (χ2v) is 6.96. The van der Waals surface area contributed by atoms with E-state index in [1.54, 1.807) is 0 Å². The van der Waals surface area contributed by atoms with Crippen molar-refractivity contribution in [1.29, 1.82) is 0 Å². The summed E-state index contributed by atoms with van der Waals surface area (Å²) in [5.74, 6) is 0.215. The molecule has 1 aromatic carbocycles. The van der Waals surface area contributed by atoms with Gasteiger partial charge in [-0.1, -0.05) is 55.8 Å². The van der Waals surface area contributed by atoms with Gasteiger partial charge in [0.15, 0.2) is 0 Å². The molecule has 1 fully saturated rings. The first kappa shape index (κ1) is 16.5. The van der Waals surface area contributed by atoms with Crippen LogP contribution in [0.2, 0.25) is 0 Å². The predicted octanol–water partition coefficient (Wildman–Crippen LogP) is 3.54. The maximum Gasteiger partial charge on any atom is 0.227 e. The molecule has 0 aromatic heterocycles. The average Bonchev–Trinajstić information content (AvgIpc) is 2.46. The summed E-state index contributed by atoms with van der Waals surface area (Å²) in [6.07, 6.45) is 1.60. The van der Waals surface area contributed by atoms with E-state index in [9.17, 15) is 4.79 Å². The Bertz CT molecular complexity index is 548. The highest BCUT2D eigenvalue weighted by atomic mass is 16.6. The molecule has 0 atom stereocenters. The van der Waals surface area contributed by atoms with Gasteiger partial charge in [-0.05, 0) is 12.5 Å². The summed E-state index contributed by atoms with van der Waals surface area (Å²) >= 11 is 0. The van der Waals surface area contributed by atoms with Crippen LogP contribution in [-0.4, -0.2) is 29.6 Å². The molecule has 120 valence electrons. The first-order chi connectivity index (χ1) is 10.4. The number of carbonyl (C=O) groups excluding carboxylic acids is 1. The minimum absolute atomic E-state index is 0.215. The molecule has 0 bridgehead atoms. The number of hydrogen-bond donors (Lipinski definition) is 0. The maximum absolute atomic E-state index is 12.2. The molecule has 1 heterocycles. The van der Waals surface area contributed by atoms with Crippen LogP contribution in [0.5, 0.6) is 0 Å². The molecule has 0 unspecified atom stereocenters. The van der Waals surface area contributed by atoms with Crippen molar-refractivity contribution in [2.75, 3.05) is 13.1 Å². The third-order valence-electron chi connectivity index (χ3n) is 3.78. The van der Waals surface area contributed by atoms with Crippen molar-refractivity contribution in [2.45, 2.75) is 47.1 Å². The number of rotatable bonds is 3. The lowest BCUT2D eigenvalue weighted by Gasteiger charge is -2.32. The van der Waals surface area contributed by atoms with Crippen LogP contribution in [-0.2, 0) is 16.2 Å². The van der Waals surface area contributed by atoms with Crippen molar-refractivity contribution in [1.82, 2.24) is 4.90 Å². The number of nitrogens with zero attached hydrogens (tertiary/aromatic N) is 2. The molecule has 0 radical (unpaired) electrons. The monoisotopic (exact) mass is 302 g/mol. The van der Waals surface area contributed by atoms with Crippen molar-refractivity contribution >= 4 is 11.6 Å². The largest absolute Gasteiger partial charge is 0.391 e. The number of piperidine rings is 1. The molecule has 1 aromatic rings. The predicted molar refractivity (Wildman–Crippen MR) is 88.7 cm³/mol. The Hall–Kier alpha value is -1.84. The Morgan fingerprint density at radius 3 is 2.55 bits per heavy atom. The Morgan fingerprint density at radius 1 is 1.27 bits per heavy atom. The zero-order chi connectivity index (χ0) is 16.2. The summed E-state index contributed by atoms with van der Waals surface area (Å²) in [5, 5.41) is 4.24. The Balaban J connectivity index is 1.80. The Morgan fingerprint density at radius 2 is 1.95 bits per heavy atom. The van der Waals surface area contributed by atoms with E-state index in [0.717, 1.165) is 37.2 Å². The molecule has 4 heteroatoms. The number of aryl methyl sites for hydroxylation is 1. The van der Waals surface area contributed by atoms with Gasteiger partial charge in [0.25, 0.3) is 0 Å². The van der Waals surface area contributed by atoms with E-state index in [4.69, 9.17) is 4.84 Å². The van der Waals surface area contributed by atoms with Gasteiger partial charge in [-0.25, -0.2) is 0 Å². The van der Waals surface area contributed by atoms with Gasteiger partial charge in [-0.3, -0.25) is 4.79 Å². The molecular formula is C18H26N2O2. The molecule has 0 spiro atoms. The molecule has 1 saturated heterocycles. The number of carbonyl (C=O) groups is 1. The molecular weight excluding hydrogens is 276 g/mol. The SMILES string of the molecule is Cc1cccc(CON=C2CCN(C(=O)C(C)(C)C)CC2)c1. The first-order valence-electron chi connectivity index (χ1n) is 7.89. The number of oxime groups is 1. The van der Waals surface area contributed by atoms with Crippen molar-refractivity contribution in [3.8, 4) is 0 Å².